The number of fused-ring (bicyclic) bond motifs is 1. The van der Waals surface area contributed by atoms with Gasteiger partial charge in [-0.25, -0.2) is 24.5 Å². The lowest BCUT2D eigenvalue weighted by Crippen LogP contribution is -2.34. The van der Waals surface area contributed by atoms with Crippen LogP contribution < -0.4 is 24.7 Å². The van der Waals surface area contributed by atoms with Gasteiger partial charge in [-0.1, -0.05) is 11.8 Å². The number of nitrogens with zero attached hydrogens (tertiary/aromatic N) is 4. The van der Waals surface area contributed by atoms with E-state index >= 15 is 0 Å². The third-order valence-electron chi connectivity index (χ3n) is 7.56. The van der Waals surface area contributed by atoms with Crippen molar-refractivity contribution in [1.82, 2.24) is 19.5 Å². The van der Waals surface area contributed by atoms with Gasteiger partial charge in [-0.2, -0.15) is 0 Å². The summed E-state index contributed by atoms with van der Waals surface area (Å²) in [4.78, 5) is 37.6. The number of thioether (sulfide) groups is 1. The van der Waals surface area contributed by atoms with Gasteiger partial charge in [0.15, 0.2) is 39.9 Å². The van der Waals surface area contributed by atoms with Crippen molar-refractivity contribution in [2.45, 2.75) is 42.7 Å². The first-order chi connectivity index (χ1) is 24.1. The number of aromatic nitrogens is 4. The van der Waals surface area contributed by atoms with Crippen molar-refractivity contribution in [2.75, 3.05) is 52.6 Å². The van der Waals surface area contributed by atoms with Crippen molar-refractivity contribution in [1.29, 1.82) is 0 Å². The molecule has 3 heterocycles. The van der Waals surface area contributed by atoms with Gasteiger partial charge < -0.3 is 54.2 Å². The van der Waals surface area contributed by atoms with E-state index in [0.29, 0.717) is 17.1 Å². The SMILES string of the molecule is CCOC(=O)c1ccc(OCC(O)CSc2nc3c(N)ncnc3n2[C@@H]2O[C@H](COC(=O)c3cc(OC)c(OC)c(OC)c3)[C@@H](O)[C@H]2O)cc1. The molecule has 1 unspecified atom stereocenters. The minimum absolute atomic E-state index is 0.0645. The van der Waals surface area contributed by atoms with Gasteiger partial charge in [0.25, 0.3) is 0 Å². The second-order valence-corrected chi connectivity index (χ2v) is 11.8. The number of benzene rings is 2. The number of nitrogen functional groups attached to an aromatic ring is 1. The molecule has 0 aliphatic carbocycles. The standard InChI is InChI=1S/C32H37N5O12S/c1-5-46-30(41)16-6-8-19(9-7-16)47-12-18(38)14-50-32-36-23-27(33)34-15-35-28(23)37(32)29-25(40)24(39)22(49-29)13-48-31(42)17-10-20(43-2)26(45-4)21(11-17)44-3/h6-11,15,18,22,24-25,29,38-40H,5,12-14H2,1-4H3,(H2,33,34,35)/t18?,22-,24-,25-,29-/m1/s1. The van der Waals surface area contributed by atoms with Crippen LogP contribution in [0.5, 0.6) is 23.0 Å². The number of anilines is 1. The number of carbonyl (C=O) groups is 2. The number of ether oxygens (including phenoxy) is 7. The van der Waals surface area contributed by atoms with Crippen LogP contribution in [0.2, 0.25) is 0 Å². The third kappa shape index (κ3) is 7.79. The van der Waals surface area contributed by atoms with Gasteiger partial charge in [-0.3, -0.25) is 4.57 Å². The Hall–Kier alpha value is -4.88. The lowest BCUT2D eigenvalue weighted by atomic mass is 10.1. The number of hydrogen-bond acceptors (Lipinski definition) is 17. The van der Waals surface area contributed by atoms with Gasteiger partial charge in [0.2, 0.25) is 5.75 Å². The maximum Gasteiger partial charge on any atom is 0.338 e. The molecule has 0 bridgehead atoms. The topological polar surface area (TPSA) is 229 Å². The number of hydrogen-bond donors (Lipinski definition) is 4. The molecular weight excluding hydrogens is 678 g/mol. The van der Waals surface area contributed by atoms with E-state index in [2.05, 4.69) is 15.0 Å². The van der Waals surface area contributed by atoms with Gasteiger partial charge in [0.05, 0.1) is 45.2 Å². The minimum atomic E-state index is -1.50. The molecule has 0 saturated carbocycles. The van der Waals surface area contributed by atoms with Crippen LogP contribution in [-0.2, 0) is 14.2 Å². The lowest BCUT2D eigenvalue weighted by molar-refractivity contribution is -0.0597. The fourth-order valence-electron chi connectivity index (χ4n) is 5.07. The lowest BCUT2D eigenvalue weighted by Gasteiger charge is -2.19. The van der Waals surface area contributed by atoms with Crippen molar-refractivity contribution in [2.24, 2.45) is 0 Å². The molecule has 0 radical (unpaired) electrons. The van der Waals surface area contributed by atoms with E-state index < -0.39 is 49.2 Å². The monoisotopic (exact) mass is 715 g/mol. The summed E-state index contributed by atoms with van der Waals surface area (Å²) < 4.78 is 39.4. The summed E-state index contributed by atoms with van der Waals surface area (Å²) in [5.74, 6) is 0.140. The molecule has 1 fully saturated rings. The summed E-state index contributed by atoms with van der Waals surface area (Å²) >= 11 is 1.10. The Morgan fingerprint density at radius 3 is 2.30 bits per heavy atom. The van der Waals surface area contributed by atoms with Crippen LogP contribution >= 0.6 is 11.8 Å². The molecule has 1 aliphatic rings. The molecule has 5 N–H and O–H groups in total. The predicted octanol–water partition coefficient (Wildman–Crippen LogP) is 1.62. The number of rotatable bonds is 15. The second kappa shape index (κ2) is 16.2. The van der Waals surface area contributed by atoms with E-state index in [1.807, 2.05) is 0 Å². The molecule has 2 aromatic carbocycles. The van der Waals surface area contributed by atoms with Crippen LogP contribution in [0.4, 0.5) is 5.82 Å². The number of imidazole rings is 1. The van der Waals surface area contributed by atoms with E-state index in [1.54, 1.807) is 31.2 Å². The van der Waals surface area contributed by atoms with Gasteiger partial charge in [-0.05, 0) is 43.3 Å². The molecule has 2 aromatic heterocycles. The molecule has 50 heavy (non-hydrogen) atoms. The van der Waals surface area contributed by atoms with Gasteiger partial charge in [0.1, 0.15) is 43.6 Å². The zero-order chi connectivity index (χ0) is 35.9. The highest BCUT2D eigenvalue weighted by Crippen LogP contribution is 2.39. The van der Waals surface area contributed by atoms with Crippen LogP contribution in [0.25, 0.3) is 11.2 Å². The Morgan fingerprint density at radius 1 is 0.980 bits per heavy atom. The van der Waals surface area contributed by atoms with Crippen LogP contribution in [-0.4, -0.2) is 118 Å². The van der Waals surface area contributed by atoms with Crippen LogP contribution in [0.3, 0.4) is 0 Å². The number of aliphatic hydroxyl groups excluding tert-OH is 3. The van der Waals surface area contributed by atoms with Crippen LogP contribution in [0.1, 0.15) is 33.9 Å². The van der Waals surface area contributed by atoms with E-state index in [1.165, 1.54) is 44.4 Å². The van der Waals surface area contributed by atoms with Gasteiger partial charge in [-0.15, -0.1) is 0 Å². The Morgan fingerprint density at radius 2 is 1.66 bits per heavy atom. The Labute approximate surface area is 290 Å². The fourth-order valence-corrected chi connectivity index (χ4v) is 5.99. The summed E-state index contributed by atoms with van der Waals surface area (Å²) in [5.41, 5.74) is 6.95. The molecule has 4 aromatic rings. The molecule has 5 rings (SSSR count). The largest absolute Gasteiger partial charge is 0.493 e. The van der Waals surface area contributed by atoms with Gasteiger partial charge in [0, 0.05) is 5.75 Å². The number of aliphatic hydroxyl groups is 3. The Bertz CT molecular complexity index is 1780. The zero-order valence-electron chi connectivity index (χ0n) is 27.5. The minimum Gasteiger partial charge on any atom is -0.493 e. The summed E-state index contributed by atoms with van der Waals surface area (Å²) in [6.45, 7) is 1.46. The van der Waals surface area contributed by atoms with E-state index in [-0.39, 0.29) is 58.2 Å². The smallest absolute Gasteiger partial charge is 0.338 e. The first-order valence-electron chi connectivity index (χ1n) is 15.3. The highest BCUT2D eigenvalue weighted by molar-refractivity contribution is 7.99. The number of esters is 2. The zero-order valence-corrected chi connectivity index (χ0v) is 28.4. The molecular formula is C32H37N5O12S. The average Bonchev–Trinajstić information content (AvgIpc) is 3.64. The van der Waals surface area contributed by atoms with Crippen LogP contribution in [0.15, 0.2) is 47.9 Å². The van der Waals surface area contributed by atoms with Crippen molar-refractivity contribution in [3.05, 3.63) is 53.9 Å². The van der Waals surface area contributed by atoms with Crippen molar-refractivity contribution in [3.63, 3.8) is 0 Å². The molecule has 1 saturated heterocycles. The van der Waals surface area contributed by atoms with Crippen molar-refractivity contribution in [3.8, 4) is 23.0 Å². The molecule has 5 atom stereocenters. The Balaban J connectivity index is 1.27. The molecule has 18 heteroatoms. The Kier molecular flexibility index (Phi) is 11.8. The summed E-state index contributed by atoms with van der Waals surface area (Å²) in [7, 11) is 4.25. The summed E-state index contributed by atoms with van der Waals surface area (Å²) in [6, 6.07) is 9.14. The highest BCUT2D eigenvalue weighted by atomic mass is 32.2. The highest BCUT2D eigenvalue weighted by Gasteiger charge is 2.46. The maximum atomic E-state index is 13.0. The fraction of sp³-hybridized carbons (Fsp3) is 0.406. The second-order valence-electron chi connectivity index (χ2n) is 10.8. The number of methoxy groups -OCH3 is 3. The number of nitrogens with two attached hydrogens (primary N) is 1. The first kappa shape index (κ1) is 36.4. The third-order valence-corrected chi connectivity index (χ3v) is 8.65. The average molecular weight is 716 g/mol. The van der Waals surface area contributed by atoms with Crippen LogP contribution in [0, 0.1) is 0 Å². The summed E-state index contributed by atoms with van der Waals surface area (Å²) in [5, 5.41) is 33.0. The first-order valence-corrected chi connectivity index (χ1v) is 16.3. The van der Waals surface area contributed by atoms with E-state index in [0.717, 1.165) is 11.8 Å². The molecule has 0 amide bonds. The van der Waals surface area contributed by atoms with E-state index in [9.17, 15) is 24.9 Å². The quantitative estimate of drug-likeness (QED) is 0.101. The number of carbonyl (C=O) groups excluding carboxylic acids is 2. The molecule has 0 spiro atoms. The van der Waals surface area contributed by atoms with Crippen molar-refractivity contribution >= 4 is 40.7 Å². The summed E-state index contributed by atoms with van der Waals surface area (Å²) in [6.07, 6.45) is -5.12. The van der Waals surface area contributed by atoms with Gasteiger partial charge >= 0.3 is 11.9 Å². The van der Waals surface area contributed by atoms with E-state index in [4.69, 9.17) is 38.9 Å². The predicted molar refractivity (Wildman–Crippen MR) is 177 cm³/mol. The molecule has 17 nitrogen and oxygen atoms in total. The normalized spacial score (nSPS) is 19.2. The van der Waals surface area contributed by atoms with Crippen molar-refractivity contribution < 1.29 is 58.1 Å². The maximum absolute atomic E-state index is 13.0. The molecule has 268 valence electrons. The molecule has 1 aliphatic heterocycles.